The first-order valence-corrected chi connectivity index (χ1v) is 6.87. The molecule has 0 saturated heterocycles. The van der Waals surface area contributed by atoms with Gasteiger partial charge in [0.1, 0.15) is 0 Å². The molecule has 2 aromatic heterocycles. The second kappa shape index (κ2) is 7.00. The van der Waals surface area contributed by atoms with Crippen molar-refractivity contribution in [3.63, 3.8) is 0 Å². The van der Waals surface area contributed by atoms with Gasteiger partial charge in [-0.1, -0.05) is 19.1 Å². The van der Waals surface area contributed by atoms with E-state index in [1.807, 2.05) is 30.6 Å². The van der Waals surface area contributed by atoms with Crippen LogP contribution in [0.5, 0.6) is 0 Å². The first kappa shape index (κ1) is 13.7. The maximum Gasteiger partial charge on any atom is 0.0419 e. The summed E-state index contributed by atoms with van der Waals surface area (Å²) in [5.41, 5.74) is 9.60. The average molecular weight is 255 g/mol. The van der Waals surface area contributed by atoms with Crippen molar-refractivity contribution < 1.29 is 0 Å². The van der Waals surface area contributed by atoms with E-state index in [2.05, 4.69) is 29.0 Å². The summed E-state index contributed by atoms with van der Waals surface area (Å²) in [6.45, 7) is 2.13. The van der Waals surface area contributed by atoms with Crippen molar-refractivity contribution in [1.29, 1.82) is 0 Å². The van der Waals surface area contributed by atoms with Crippen LogP contribution in [-0.4, -0.2) is 16.0 Å². The number of hydrogen-bond donors (Lipinski definition) is 1. The third-order valence-corrected chi connectivity index (χ3v) is 3.26. The van der Waals surface area contributed by atoms with E-state index < -0.39 is 0 Å². The van der Waals surface area contributed by atoms with Crippen molar-refractivity contribution in [1.82, 2.24) is 9.97 Å². The summed E-state index contributed by atoms with van der Waals surface area (Å²) in [4.78, 5) is 8.76. The fraction of sp³-hybridized carbons (Fsp3) is 0.375. The maximum absolute atomic E-state index is 6.16. The van der Waals surface area contributed by atoms with Gasteiger partial charge in [0.2, 0.25) is 0 Å². The normalized spacial score (nSPS) is 12.3. The Kier molecular flexibility index (Phi) is 5.04. The van der Waals surface area contributed by atoms with E-state index in [0.29, 0.717) is 0 Å². The highest BCUT2D eigenvalue weighted by atomic mass is 14.7. The highest BCUT2D eigenvalue weighted by Gasteiger charge is 2.06. The molecular formula is C16H21N3. The van der Waals surface area contributed by atoms with Gasteiger partial charge in [-0.25, -0.2) is 0 Å². The van der Waals surface area contributed by atoms with Gasteiger partial charge >= 0.3 is 0 Å². The Labute approximate surface area is 114 Å². The standard InChI is InChI=1S/C16H21N3/c1-2-13-6-8-16(19-12-13)11-14(17)7-9-15-5-3-4-10-18-15/h3-6,8,10,12,14H,2,7,9,11,17H2,1H3. The SMILES string of the molecule is CCc1ccc(CC(N)CCc2ccccn2)nc1. The third kappa shape index (κ3) is 4.45. The van der Waals surface area contributed by atoms with Gasteiger partial charge < -0.3 is 5.73 Å². The Morgan fingerprint density at radius 3 is 2.63 bits per heavy atom. The van der Waals surface area contributed by atoms with Gasteiger partial charge in [0, 0.05) is 36.2 Å². The zero-order valence-corrected chi connectivity index (χ0v) is 11.4. The van der Waals surface area contributed by atoms with Crippen LogP contribution in [0.1, 0.15) is 30.3 Å². The maximum atomic E-state index is 6.16. The molecule has 100 valence electrons. The molecule has 3 nitrogen and oxygen atoms in total. The number of nitrogens with two attached hydrogens (primary N) is 1. The molecule has 0 spiro atoms. The molecule has 2 aromatic rings. The number of aryl methyl sites for hydroxylation is 2. The minimum atomic E-state index is 0.141. The lowest BCUT2D eigenvalue weighted by Crippen LogP contribution is -2.24. The fourth-order valence-corrected chi connectivity index (χ4v) is 2.03. The molecule has 2 heterocycles. The summed E-state index contributed by atoms with van der Waals surface area (Å²) in [5, 5.41) is 0. The molecular weight excluding hydrogens is 234 g/mol. The van der Waals surface area contributed by atoms with Crippen molar-refractivity contribution in [2.45, 2.75) is 38.6 Å². The minimum absolute atomic E-state index is 0.141. The van der Waals surface area contributed by atoms with E-state index in [9.17, 15) is 0 Å². The zero-order chi connectivity index (χ0) is 13.5. The van der Waals surface area contributed by atoms with Gasteiger partial charge in [-0.3, -0.25) is 9.97 Å². The summed E-state index contributed by atoms with van der Waals surface area (Å²) in [5.74, 6) is 0. The van der Waals surface area contributed by atoms with Crippen molar-refractivity contribution in [2.24, 2.45) is 5.73 Å². The zero-order valence-electron chi connectivity index (χ0n) is 11.4. The minimum Gasteiger partial charge on any atom is -0.327 e. The van der Waals surface area contributed by atoms with E-state index in [4.69, 9.17) is 5.73 Å². The molecule has 2 rings (SSSR count). The fourth-order valence-electron chi connectivity index (χ4n) is 2.03. The first-order chi connectivity index (χ1) is 9.28. The van der Waals surface area contributed by atoms with Gasteiger partial charge in [-0.2, -0.15) is 0 Å². The van der Waals surface area contributed by atoms with E-state index in [1.54, 1.807) is 0 Å². The Morgan fingerprint density at radius 1 is 1.11 bits per heavy atom. The van der Waals surface area contributed by atoms with Crippen molar-refractivity contribution in [2.75, 3.05) is 0 Å². The predicted octanol–water partition coefficient (Wildman–Crippen LogP) is 2.54. The van der Waals surface area contributed by atoms with Gasteiger partial charge in [0.05, 0.1) is 0 Å². The number of nitrogens with zero attached hydrogens (tertiary/aromatic N) is 2. The van der Waals surface area contributed by atoms with Crippen LogP contribution in [0.15, 0.2) is 42.7 Å². The molecule has 2 N–H and O–H groups in total. The molecule has 0 saturated carbocycles. The number of hydrogen-bond acceptors (Lipinski definition) is 3. The largest absolute Gasteiger partial charge is 0.327 e. The second-order valence-electron chi connectivity index (χ2n) is 4.84. The lowest BCUT2D eigenvalue weighted by atomic mass is 10.0. The van der Waals surface area contributed by atoms with E-state index in [-0.39, 0.29) is 6.04 Å². The molecule has 0 aliphatic rings. The average Bonchev–Trinajstić information content (AvgIpc) is 2.47. The molecule has 1 unspecified atom stereocenters. The molecule has 0 radical (unpaired) electrons. The van der Waals surface area contributed by atoms with Crippen LogP contribution >= 0.6 is 0 Å². The Bertz CT molecular complexity index is 479. The third-order valence-electron chi connectivity index (χ3n) is 3.26. The summed E-state index contributed by atoms with van der Waals surface area (Å²) < 4.78 is 0. The molecule has 0 aliphatic carbocycles. The van der Waals surface area contributed by atoms with Gasteiger partial charge in [0.25, 0.3) is 0 Å². The summed E-state index contributed by atoms with van der Waals surface area (Å²) >= 11 is 0. The van der Waals surface area contributed by atoms with Crippen molar-refractivity contribution in [3.05, 3.63) is 59.7 Å². The summed E-state index contributed by atoms with van der Waals surface area (Å²) in [7, 11) is 0. The topological polar surface area (TPSA) is 51.8 Å². The molecule has 19 heavy (non-hydrogen) atoms. The molecule has 0 bridgehead atoms. The van der Waals surface area contributed by atoms with Crippen molar-refractivity contribution >= 4 is 0 Å². The number of pyridine rings is 2. The molecule has 3 heteroatoms. The van der Waals surface area contributed by atoms with E-state index >= 15 is 0 Å². The summed E-state index contributed by atoms with van der Waals surface area (Å²) in [6, 6.07) is 10.3. The lowest BCUT2D eigenvalue weighted by Gasteiger charge is -2.11. The number of rotatable bonds is 6. The monoisotopic (exact) mass is 255 g/mol. The number of aromatic nitrogens is 2. The quantitative estimate of drug-likeness (QED) is 0.863. The van der Waals surface area contributed by atoms with Gasteiger partial charge in [-0.15, -0.1) is 0 Å². The Hall–Kier alpha value is -1.74. The highest BCUT2D eigenvalue weighted by molar-refractivity contribution is 5.14. The molecule has 0 aromatic carbocycles. The smallest absolute Gasteiger partial charge is 0.0419 e. The van der Waals surface area contributed by atoms with Crippen LogP contribution in [0.3, 0.4) is 0 Å². The predicted molar refractivity (Wildman–Crippen MR) is 77.9 cm³/mol. The second-order valence-corrected chi connectivity index (χ2v) is 4.84. The summed E-state index contributed by atoms with van der Waals surface area (Å²) in [6.07, 6.45) is 7.49. The van der Waals surface area contributed by atoms with Crippen LogP contribution in [0.2, 0.25) is 0 Å². The van der Waals surface area contributed by atoms with Crippen LogP contribution in [0.25, 0.3) is 0 Å². The first-order valence-electron chi connectivity index (χ1n) is 6.87. The van der Waals surface area contributed by atoms with Gasteiger partial charge in [-0.05, 0) is 43.0 Å². The molecule has 0 aliphatic heterocycles. The lowest BCUT2D eigenvalue weighted by molar-refractivity contribution is 0.598. The van der Waals surface area contributed by atoms with Crippen LogP contribution < -0.4 is 5.73 Å². The van der Waals surface area contributed by atoms with Crippen molar-refractivity contribution in [3.8, 4) is 0 Å². The highest BCUT2D eigenvalue weighted by Crippen LogP contribution is 2.07. The molecule has 0 fully saturated rings. The van der Waals surface area contributed by atoms with Gasteiger partial charge in [0.15, 0.2) is 0 Å². The van der Waals surface area contributed by atoms with E-state index in [1.165, 1.54) is 5.56 Å². The Balaban J connectivity index is 1.82. The van der Waals surface area contributed by atoms with Crippen LogP contribution in [0, 0.1) is 0 Å². The molecule has 0 amide bonds. The Morgan fingerprint density at radius 2 is 2.00 bits per heavy atom. The van der Waals surface area contributed by atoms with E-state index in [0.717, 1.165) is 37.1 Å². The van der Waals surface area contributed by atoms with Crippen LogP contribution in [-0.2, 0) is 19.3 Å². The molecule has 1 atom stereocenters. The van der Waals surface area contributed by atoms with Crippen LogP contribution in [0.4, 0.5) is 0 Å².